The third-order valence-electron chi connectivity index (χ3n) is 4.47. The fraction of sp³-hybridized carbons (Fsp3) is 0.714. The van der Waals surface area contributed by atoms with Crippen molar-refractivity contribution in [2.75, 3.05) is 0 Å². The molecule has 6 atom stereocenters. The number of aliphatic hydroxyl groups is 2. The van der Waals surface area contributed by atoms with E-state index in [0.717, 1.165) is 25.7 Å². The fourth-order valence-corrected chi connectivity index (χ4v) is 3.32. The number of fused-ring (bicyclic) bond motifs is 2. The minimum atomic E-state index is -0.889. The summed E-state index contributed by atoms with van der Waals surface area (Å²) in [5.74, 6) is -0.797. The van der Waals surface area contributed by atoms with E-state index in [-0.39, 0.29) is 24.0 Å². The Balaban J connectivity index is 0.000000121. The first-order valence-corrected chi connectivity index (χ1v) is 7.01. The van der Waals surface area contributed by atoms with Crippen molar-refractivity contribution in [3.8, 4) is 0 Å². The third kappa shape index (κ3) is 2.23. The molecule has 0 aromatic heterocycles. The van der Waals surface area contributed by atoms with E-state index in [1.54, 1.807) is 0 Å². The molecule has 3 fully saturated rings. The number of carbonyl (C=O) groups excluding carboxylic acids is 2. The minimum Gasteiger partial charge on any atom is -0.460 e. The van der Waals surface area contributed by atoms with E-state index in [2.05, 4.69) is 0 Å². The second-order valence-electron chi connectivity index (χ2n) is 5.69. The van der Waals surface area contributed by atoms with Gasteiger partial charge in [-0.1, -0.05) is 6.08 Å². The van der Waals surface area contributed by atoms with Gasteiger partial charge in [0, 0.05) is 11.8 Å². The van der Waals surface area contributed by atoms with Gasteiger partial charge in [-0.05, 0) is 31.8 Å². The molecule has 0 spiro atoms. The Bertz CT molecular complexity index is 443. The van der Waals surface area contributed by atoms with E-state index < -0.39 is 24.1 Å². The van der Waals surface area contributed by atoms with Crippen molar-refractivity contribution in [3.05, 3.63) is 12.2 Å². The molecule has 6 nitrogen and oxygen atoms in total. The molecule has 0 aromatic rings. The monoisotopic (exact) mass is 282 g/mol. The minimum absolute atomic E-state index is 0.00694. The maximum Gasteiger partial charge on any atom is 0.336 e. The molecule has 0 amide bonds. The van der Waals surface area contributed by atoms with Crippen LogP contribution in [-0.4, -0.2) is 46.6 Å². The van der Waals surface area contributed by atoms with Crippen molar-refractivity contribution in [3.63, 3.8) is 0 Å². The highest BCUT2D eigenvalue weighted by atomic mass is 16.6. The van der Waals surface area contributed by atoms with Crippen LogP contribution in [0.2, 0.25) is 0 Å². The molecule has 6 unspecified atom stereocenters. The van der Waals surface area contributed by atoms with Crippen molar-refractivity contribution in [1.29, 1.82) is 0 Å². The van der Waals surface area contributed by atoms with Crippen molar-refractivity contribution < 1.29 is 29.3 Å². The molecule has 0 aromatic carbocycles. The molecular formula is C14H18O6. The predicted molar refractivity (Wildman–Crippen MR) is 66.4 cm³/mol. The molecule has 4 aliphatic rings. The van der Waals surface area contributed by atoms with Crippen molar-refractivity contribution in [2.45, 2.75) is 50.1 Å². The smallest absolute Gasteiger partial charge is 0.336 e. The highest BCUT2D eigenvalue weighted by molar-refractivity contribution is 5.78. The van der Waals surface area contributed by atoms with Crippen LogP contribution in [0.5, 0.6) is 0 Å². The van der Waals surface area contributed by atoms with Gasteiger partial charge in [-0.2, -0.15) is 0 Å². The number of hydrogen-bond acceptors (Lipinski definition) is 6. The van der Waals surface area contributed by atoms with Crippen molar-refractivity contribution in [1.82, 2.24) is 0 Å². The molecule has 2 N–H and O–H groups in total. The summed E-state index contributed by atoms with van der Waals surface area (Å²) in [7, 11) is 0. The molecule has 2 heterocycles. The second-order valence-corrected chi connectivity index (χ2v) is 5.69. The van der Waals surface area contributed by atoms with E-state index in [0.29, 0.717) is 0 Å². The fourth-order valence-electron chi connectivity index (χ4n) is 3.32. The Morgan fingerprint density at radius 3 is 2.40 bits per heavy atom. The van der Waals surface area contributed by atoms with Gasteiger partial charge in [0.1, 0.15) is 12.2 Å². The predicted octanol–water partition coefficient (Wildman–Crippen LogP) is -0.0784. The van der Waals surface area contributed by atoms with Gasteiger partial charge in [0.2, 0.25) is 0 Å². The molecule has 110 valence electrons. The van der Waals surface area contributed by atoms with E-state index in [1.165, 1.54) is 0 Å². The molecule has 1 saturated carbocycles. The van der Waals surface area contributed by atoms with Crippen LogP contribution in [0.25, 0.3) is 0 Å². The maximum absolute atomic E-state index is 10.7. The van der Waals surface area contributed by atoms with E-state index in [1.807, 2.05) is 12.2 Å². The van der Waals surface area contributed by atoms with Crippen LogP contribution in [0.3, 0.4) is 0 Å². The quantitative estimate of drug-likeness (QED) is 0.477. The zero-order valence-corrected chi connectivity index (χ0v) is 11.0. The number of allylic oxidation sites excluding steroid dienone is 1. The SMILES string of the molecule is O=C1OC2C=CCC2C1O.O=C1OC2CCCC2C1O. The van der Waals surface area contributed by atoms with Crippen LogP contribution < -0.4 is 0 Å². The highest BCUT2D eigenvalue weighted by Crippen LogP contribution is 2.36. The molecule has 6 heteroatoms. The van der Waals surface area contributed by atoms with Crippen LogP contribution in [0.1, 0.15) is 25.7 Å². The lowest BCUT2D eigenvalue weighted by Gasteiger charge is -2.05. The first kappa shape index (κ1) is 13.6. The number of rotatable bonds is 0. The maximum atomic E-state index is 10.7. The summed E-state index contributed by atoms with van der Waals surface area (Å²) in [5.41, 5.74) is 0. The van der Waals surface area contributed by atoms with Crippen LogP contribution >= 0.6 is 0 Å². The lowest BCUT2D eigenvalue weighted by molar-refractivity contribution is -0.148. The molecule has 20 heavy (non-hydrogen) atoms. The van der Waals surface area contributed by atoms with Crippen molar-refractivity contribution >= 4 is 11.9 Å². The average molecular weight is 282 g/mol. The summed E-state index contributed by atoms with van der Waals surface area (Å²) >= 11 is 0. The summed E-state index contributed by atoms with van der Waals surface area (Å²) in [6, 6.07) is 0. The van der Waals surface area contributed by atoms with Gasteiger partial charge in [-0.25, -0.2) is 9.59 Å². The standard InChI is InChI=1S/C7H10O3.C7H8O3/c2*8-6-4-2-1-3-5(4)10-7(6)9/h4-6,8H,1-3H2;1,3-6,8H,2H2. The molecular weight excluding hydrogens is 264 g/mol. The number of hydrogen-bond donors (Lipinski definition) is 2. The van der Waals surface area contributed by atoms with Crippen LogP contribution in [-0.2, 0) is 19.1 Å². The Morgan fingerprint density at radius 1 is 1.00 bits per heavy atom. The van der Waals surface area contributed by atoms with Gasteiger partial charge in [0.15, 0.2) is 12.2 Å². The zero-order valence-electron chi connectivity index (χ0n) is 11.0. The summed E-state index contributed by atoms with van der Waals surface area (Å²) in [4.78, 5) is 21.4. The lowest BCUT2D eigenvalue weighted by atomic mass is 10.0. The van der Waals surface area contributed by atoms with Crippen LogP contribution in [0, 0.1) is 11.8 Å². The number of carbonyl (C=O) groups is 2. The largest absolute Gasteiger partial charge is 0.460 e. The van der Waals surface area contributed by atoms with Gasteiger partial charge < -0.3 is 19.7 Å². The molecule has 0 radical (unpaired) electrons. The van der Waals surface area contributed by atoms with Gasteiger partial charge in [-0.3, -0.25) is 0 Å². The number of esters is 2. The first-order valence-electron chi connectivity index (χ1n) is 7.01. The zero-order chi connectivity index (χ0) is 14.3. The first-order chi connectivity index (χ1) is 9.58. The Hall–Kier alpha value is -1.40. The number of ether oxygens (including phenoxy) is 2. The van der Waals surface area contributed by atoms with E-state index >= 15 is 0 Å². The summed E-state index contributed by atoms with van der Waals surface area (Å²) in [5, 5.41) is 18.3. The Labute approximate surface area is 116 Å². The summed E-state index contributed by atoms with van der Waals surface area (Å²) in [6.45, 7) is 0. The third-order valence-corrected chi connectivity index (χ3v) is 4.47. The Kier molecular flexibility index (Phi) is 3.52. The molecule has 4 rings (SSSR count). The normalized spacial score (nSPS) is 44.5. The summed E-state index contributed by atoms with van der Waals surface area (Å²) < 4.78 is 9.73. The van der Waals surface area contributed by atoms with Crippen LogP contribution in [0.4, 0.5) is 0 Å². The molecule has 2 aliphatic heterocycles. The van der Waals surface area contributed by atoms with Gasteiger partial charge in [0.25, 0.3) is 0 Å². The van der Waals surface area contributed by atoms with E-state index in [4.69, 9.17) is 14.6 Å². The Morgan fingerprint density at radius 2 is 1.70 bits per heavy atom. The highest BCUT2D eigenvalue weighted by Gasteiger charge is 2.46. The average Bonchev–Trinajstić information content (AvgIpc) is 3.13. The van der Waals surface area contributed by atoms with Gasteiger partial charge in [0.05, 0.1) is 0 Å². The van der Waals surface area contributed by atoms with Gasteiger partial charge in [-0.15, -0.1) is 0 Å². The molecule has 2 aliphatic carbocycles. The number of aliphatic hydroxyl groups excluding tert-OH is 2. The summed E-state index contributed by atoms with van der Waals surface area (Å²) in [6.07, 6.45) is 5.66. The molecule has 2 saturated heterocycles. The van der Waals surface area contributed by atoms with Crippen molar-refractivity contribution in [2.24, 2.45) is 11.8 Å². The topological polar surface area (TPSA) is 93.1 Å². The molecule has 0 bridgehead atoms. The van der Waals surface area contributed by atoms with Gasteiger partial charge >= 0.3 is 11.9 Å². The van der Waals surface area contributed by atoms with E-state index in [9.17, 15) is 14.7 Å². The second kappa shape index (κ2) is 5.18. The lowest BCUT2D eigenvalue weighted by Crippen LogP contribution is -2.21. The van der Waals surface area contributed by atoms with Crippen LogP contribution in [0.15, 0.2) is 12.2 Å².